The highest BCUT2D eigenvalue weighted by molar-refractivity contribution is 6.14. The Morgan fingerprint density at radius 3 is 2.18 bits per heavy atom. The number of aryl methyl sites for hydroxylation is 1. The molecule has 1 aliphatic rings. The standard InChI is InChI=1S/C27H22N2O4/c1-17-4-13-25-23(14-17)22(15-26(33-25)18-5-9-20(31-2)10-6-18)24(16-28)27(30)29-19-7-11-21(32-3)12-8-19/h4-15H,1-3H3,(H,29,30). The van der Waals surface area contributed by atoms with Crippen LogP contribution in [0.5, 0.6) is 17.2 Å². The second-order valence-corrected chi connectivity index (χ2v) is 7.42. The molecule has 6 heteroatoms. The highest BCUT2D eigenvalue weighted by Crippen LogP contribution is 2.39. The fourth-order valence-corrected chi connectivity index (χ4v) is 3.51. The van der Waals surface area contributed by atoms with E-state index in [1.807, 2.05) is 49.4 Å². The summed E-state index contributed by atoms with van der Waals surface area (Å²) in [5, 5.41) is 12.7. The minimum atomic E-state index is -0.502. The number of hydrogen-bond donors (Lipinski definition) is 1. The molecule has 6 nitrogen and oxygen atoms in total. The number of carbonyl (C=O) groups is 1. The maximum Gasteiger partial charge on any atom is 0.266 e. The van der Waals surface area contributed by atoms with E-state index in [1.165, 1.54) is 0 Å². The fraction of sp³-hybridized carbons (Fsp3) is 0.111. The van der Waals surface area contributed by atoms with Crippen LogP contribution in [0.1, 0.15) is 16.7 Å². The lowest BCUT2D eigenvalue weighted by Crippen LogP contribution is -2.16. The molecule has 3 aromatic carbocycles. The van der Waals surface area contributed by atoms with Gasteiger partial charge >= 0.3 is 0 Å². The number of methoxy groups -OCH3 is 2. The third kappa shape index (κ3) is 4.58. The number of rotatable bonds is 5. The zero-order chi connectivity index (χ0) is 23.4. The first-order valence-electron chi connectivity index (χ1n) is 10.3. The van der Waals surface area contributed by atoms with Gasteiger partial charge in [0, 0.05) is 22.4 Å². The number of ether oxygens (including phenoxy) is 3. The van der Waals surface area contributed by atoms with Crippen molar-refractivity contribution in [3.05, 3.63) is 95.1 Å². The Morgan fingerprint density at radius 2 is 1.58 bits per heavy atom. The van der Waals surface area contributed by atoms with Crippen molar-refractivity contribution in [1.82, 2.24) is 0 Å². The second-order valence-electron chi connectivity index (χ2n) is 7.42. The van der Waals surface area contributed by atoms with Crippen LogP contribution in [0.15, 0.2) is 78.4 Å². The third-order valence-electron chi connectivity index (χ3n) is 5.25. The summed E-state index contributed by atoms with van der Waals surface area (Å²) in [7, 11) is 3.18. The summed E-state index contributed by atoms with van der Waals surface area (Å²) >= 11 is 0. The quantitative estimate of drug-likeness (QED) is 0.428. The Morgan fingerprint density at radius 1 is 0.939 bits per heavy atom. The van der Waals surface area contributed by atoms with Crippen LogP contribution in [-0.2, 0) is 4.79 Å². The van der Waals surface area contributed by atoms with Gasteiger partial charge in [0.05, 0.1) is 14.2 Å². The first-order chi connectivity index (χ1) is 16.0. The summed E-state index contributed by atoms with van der Waals surface area (Å²) in [4.78, 5) is 13.1. The number of fused-ring (bicyclic) bond motifs is 1. The van der Waals surface area contributed by atoms with Crippen LogP contribution in [0.3, 0.4) is 0 Å². The van der Waals surface area contributed by atoms with Gasteiger partial charge in [0.25, 0.3) is 5.91 Å². The van der Waals surface area contributed by atoms with E-state index >= 15 is 0 Å². The number of anilines is 1. The topological polar surface area (TPSA) is 80.6 Å². The van der Waals surface area contributed by atoms with E-state index in [-0.39, 0.29) is 5.57 Å². The van der Waals surface area contributed by atoms with Crippen molar-refractivity contribution in [3.63, 3.8) is 0 Å². The average Bonchev–Trinajstić information content (AvgIpc) is 2.85. The molecule has 1 N–H and O–H groups in total. The Hall–Kier alpha value is -4.50. The van der Waals surface area contributed by atoms with Crippen LogP contribution < -0.4 is 19.5 Å². The summed E-state index contributed by atoms with van der Waals surface area (Å²) in [5.41, 5.74) is 3.53. The highest BCUT2D eigenvalue weighted by Gasteiger charge is 2.24. The van der Waals surface area contributed by atoms with E-state index in [2.05, 4.69) is 11.4 Å². The van der Waals surface area contributed by atoms with Crippen LogP contribution in [-0.4, -0.2) is 20.1 Å². The molecule has 0 bridgehead atoms. The van der Waals surface area contributed by atoms with Crippen molar-refractivity contribution in [2.24, 2.45) is 0 Å². The largest absolute Gasteiger partial charge is 0.497 e. The smallest absolute Gasteiger partial charge is 0.266 e. The van der Waals surface area contributed by atoms with Gasteiger partial charge in [-0.05, 0) is 73.7 Å². The lowest BCUT2D eigenvalue weighted by molar-refractivity contribution is -0.112. The molecule has 0 fully saturated rings. The van der Waals surface area contributed by atoms with Crippen molar-refractivity contribution in [2.45, 2.75) is 6.92 Å². The van der Waals surface area contributed by atoms with Crippen LogP contribution in [0.4, 0.5) is 5.69 Å². The first kappa shape index (κ1) is 21.7. The van der Waals surface area contributed by atoms with E-state index in [4.69, 9.17) is 14.2 Å². The molecular formula is C27H22N2O4. The Labute approximate surface area is 192 Å². The van der Waals surface area contributed by atoms with Gasteiger partial charge in [0.2, 0.25) is 0 Å². The third-order valence-corrected chi connectivity index (χ3v) is 5.25. The van der Waals surface area contributed by atoms with Crippen LogP contribution in [0.25, 0.3) is 11.3 Å². The molecule has 164 valence electrons. The molecule has 33 heavy (non-hydrogen) atoms. The van der Waals surface area contributed by atoms with E-state index in [1.54, 1.807) is 44.6 Å². The van der Waals surface area contributed by atoms with Crippen molar-refractivity contribution >= 4 is 22.9 Å². The molecule has 3 aromatic rings. The number of nitrogens with zero attached hydrogens (tertiary/aromatic N) is 1. The molecule has 0 unspecified atom stereocenters. The van der Waals surface area contributed by atoms with Crippen molar-refractivity contribution in [2.75, 3.05) is 19.5 Å². The van der Waals surface area contributed by atoms with E-state index < -0.39 is 5.91 Å². The number of benzene rings is 3. The van der Waals surface area contributed by atoms with Crippen LogP contribution >= 0.6 is 0 Å². The zero-order valence-corrected chi connectivity index (χ0v) is 18.5. The molecule has 0 atom stereocenters. The van der Waals surface area contributed by atoms with Crippen LogP contribution in [0, 0.1) is 18.3 Å². The molecule has 0 spiro atoms. The molecule has 1 heterocycles. The zero-order valence-electron chi connectivity index (χ0n) is 18.5. The number of amides is 1. The maximum atomic E-state index is 13.1. The molecule has 0 saturated carbocycles. The molecule has 1 amide bonds. The molecule has 4 rings (SSSR count). The number of nitrogens with one attached hydrogen (secondary N) is 1. The SMILES string of the molecule is COc1ccc(NC(=O)C(C#N)=C2C=C(c3ccc(OC)cc3)Oc3ccc(C)cc32)cc1. The number of hydrogen-bond acceptors (Lipinski definition) is 5. The molecule has 0 saturated heterocycles. The molecule has 0 radical (unpaired) electrons. The molecule has 0 aromatic heterocycles. The average molecular weight is 438 g/mol. The summed E-state index contributed by atoms with van der Waals surface area (Å²) < 4.78 is 16.5. The van der Waals surface area contributed by atoms with Crippen LogP contribution in [0.2, 0.25) is 0 Å². The van der Waals surface area contributed by atoms with Crippen molar-refractivity contribution in [1.29, 1.82) is 5.26 Å². The minimum absolute atomic E-state index is 0.00743. The predicted octanol–water partition coefficient (Wildman–Crippen LogP) is 5.36. The number of carbonyl (C=O) groups excluding carboxylic acids is 1. The molecule has 1 aliphatic heterocycles. The van der Waals surface area contributed by atoms with Gasteiger partial charge < -0.3 is 19.5 Å². The van der Waals surface area contributed by atoms with Gasteiger partial charge in [-0.2, -0.15) is 5.26 Å². The first-order valence-corrected chi connectivity index (χ1v) is 10.3. The summed E-state index contributed by atoms with van der Waals surface area (Å²) in [6.45, 7) is 1.95. The Balaban J connectivity index is 1.78. The number of nitriles is 1. The maximum absolute atomic E-state index is 13.1. The van der Waals surface area contributed by atoms with Gasteiger partial charge in [-0.3, -0.25) is 4.79 Å². The van der Waals surface area contributed by atoms with E-state index in [0.717, 1.165) is 16.9 Å². The Bertz CT molecular complexity index is 1300. The lowest BCUT2D eigenvalue weighted by Gasteiger charge is -2.22. The second kappa shape index (κ2) is 9.33. The minimum Gasteiger partial charge on any atom is -0.497 e. The monoisotopic (exact) mass is 438 g/mol. The lowest BCUT2D eigenvalue weighted by atomic mass is 9.93. The fourth-order valence-electron chi connectivity index (χ4n) is 3.51. The van der Waals surface area contributed by atoms with Gasteiger partial charge in [0.1, 0.15) is 34.7 Å². The van der Waals surface area contributed by atoms with Gasteiger partial charge in [-0.25, -0.2) is 0 Å². The molecule has 0 aliphatic carbocycles. The normalized spacial score (nSPS) is 13.6. The van der Waals surface area contributed by atoms with E-state index in [0.29, 0.717) is 34.1 Å². The predicted molar refractivity (Wildman–Crippen MR) is 127 cm³/mol. The summed E-state index contributed by atoms with van der Waals surface area (Å²) in [6, 6.07) is 22.1. The van der Waals surface area contributed by atoms with Gasteiger partial charge in [-0.1, -0.05) is 11.6 Å². The van der Waals surface area contributed by atoms with Crippen molar-refractivity contribution < 1.29 is 19.0 Å². The molecular weight excluding hydrogens is 416 g/mol. The van der Waals surface area contributed by atoms with Crippen molar-refractivity contribution in [3.8, 4) is 23.3 Å². The van der Waals surface area contributed by atoms with Gasteiger partial charge in [0.15, 0.2) is 0 Å². The summed E-state index contributed by atoms with van der Waals surface area (Å²) in [6.07, 6.45) is 1.73. The Kier molecular flexibility index (Phi) is 6.14. The van der Waals surface area contributed by atoms with Gasteiger partial charge in [-0.15, -0.1) is 0 Å². The highest BCUT2D eigenvalue weighted by atomic mass is 16.5. The summed E-state index contributed by atoms with van der Waals surface area (Å²) in [5.74, 6) is 2.01. The number of allylic oxidation sites excluding steroid dienone is 2. The van der Waals surface area contributed by atoms with E-state index in [9.17, 15) is 10.1 Å².